The van der Waals surface area contributed by atoms with Crippen LogP contribution in [0.25, 0.3) is 0 Å². The molecule has 2 heterocycles. The zero-order chi connectivity index (χ0) is 19.4. The highest BCUT2D eigenvalue weighted by Gasteiger charge is 2.21. The molecule has 1 aromatic heterocycles. The van der Waals surface area contributed by atoms with E-state index in [0.717, 1.165) is 35.9 Å². The van der Waals surface area contributed by atoms with Crippen LogP contribution >= 0.6 is 11.3 Å². The Morgan fingerprint density at radius 2 is 1.96 bits per heavy atom. The van der Waals surface area contributed by atoms with Gasteiger partial charge in [0, 0.05) is 49.9 Å². The Balaban J connectivity index is 1.66. The van der Waals surface area contributed by atoms with E-state index in [-0.39, 0.29) is 11.9 Å². The van der Waals surface area contributed by atoms with E-state index in [9.17, 15) is 9.59 Å². The molecule has 0 spiro atoms. The second-order valence-corrected chi connectivity index (χ2v) is 7.42. The van der Waals surface area contributed by atoms with Gasteiger partial charge in [0.1, 0.15) is 0 Å². The molecule has 2 N–H and O–H groups in total. The van der Waals surface area contributed by atoms with Gasteiger partial charge in [-0.05, 0) is 38.0 Å². The third kappa shape index (κ3) is 4.39. The minimum atomic E-state index is -0.159. The maximum atomic E-state index is 12.8. The number of anilines is 2. The SMILES string of the molecule is CNC(=O)c1cccc(NC(=O)N2CCCN(c3nc(C)cs3)CC2)c1C. The van der Waals surface area contributed by atoms with Crippen molar-refractivity contribution in [2.45, 2.75) is 20.3 Å². The second-order valence-electron chi connectivity index (χ2n) is 6.59. The van der Waals surface area contributed by atoms with Crippen molar-refractivity contribution in [3.63, 3.8) is 0 Å². The Morgan fingerprint density at radius 3 is 2.67 bits per heavy atom. The fourth-order valence-electron chi connectivity index (χ4n) is 3.14. The van der Waals surface area contributed by atoms with Gasteiger partial charge in [-0.1, -0.05) is 6.07 Å². The molecule has 8 heteroatoms. The third-order valence-corrected chi connectivity index (χ3v) is 5.73. The molecule has 1 aromatic carbocycles. The minimum Gasteiger partial charge on any atom is -0.355 e. The molecule has 0 unspecified atom stereocenters. The van der Waals surface area contributed by atoms with E-state index >= 15 is 0 Å². The summed E-state index contributed by atoms with van der Waals surface area (Å²) in [7, 11) is 1.60. The second kappa shape index (κ2) is 8.39. The maximum absolute atomic E-state index is 12.8. The summed E-state index contributed by atoms with van der Waals surface area (Å²) in [6, 6.07) is 5.22. The zero-order valence-corrected chi connectivity index (χ0v) is 16.7. The van der Waals surface area contributed by atoms with Crippen LogP contribution in [0.3, 0.4) is 0 Å². The molecular formula is C19H25N5O2S. The first-order chi connectivity index (χ1) is 13.0. The number of nitrogens with zero attached hydrogens (tertiary/aromatic N) is 3. The molecular weight excluding hydrogens is 362 g/mol. The van der Waals surface area contributed by atoms with Gasteiger partial charge in [0.05, 0.1) is 5.69 Å². The van der Waals surface area contributed by atoms with Crippen LogP contribution in [0, 0.1) is 13.8 Å². The molecule has 0 aliphatic carbocycles. The molecule has 7 nitrogen and oxygen atoms in total. The average Bonchev–Trinajstić information content (AvgIpc) is 2.94. The van der Waals surface area contributed by atoms with Crippen LogP contribution in [0.4, 0.5) is 15.6 Å². The first-order valence-corrected chi connectivity index (χ1v) is 9.92. The van der Waals surface area contributed by atoms with Gasteiger partial charge in [0.2, 0.25) is 0 Å². The molecule has 3 amide bonds. The van der Waals surface area contributed by atoms with Crippen LogP contribution < -0.4 is 15.5 Å². The monoisotopic (exact) mass is 387 g/mol. The fraction of sp³-hybridized carbons (Fsp3) is 0.421. The van der Waals surface area contributed by atoms with E-state index in [1.807, 2.05) is 30.2 Å². The van der Waals surface area contributed by atoms with Gasteiger partial charge in [-0.25, -0.2) is 9.78 Å². The minimum absolute atomic E-state index is 0.135. The van der Waals surface area contributed by atoms with Gasteiger partial charge in [-0.3, -0.25) is 4.79 Å². The van der Waals surface area contributed by atoms with E-state index in [1.165, 1.54) is 0 Å². The molecule has 0 radical (unpaired) electrons. The first kappa shape index (κ1) is 19.2. The third-order valence-electron chi connectivity index (χ3n) is 4.71. The molecule has 0 saturated carbocycles. The summed E-state index contributed by atoms with van der Waals surface area (Å²) in [5.74, 6) is -0.159. The largest absolute Gasteiger partial charge is 0.355 e. The number of aromatic nitrogens is 1. The quantitative estimate of drug-likeness (QED) is 0.849. The summed E-state index contributed by atoms with van der Waals surface area (Å²) in [6.07, 6.45) is 0.892. The lowest BCUT2D eigenvalue weighted by Gasteiger charge is -2.23. The number of hydrogen-bond acceptors (Lipinski definition) is 5. The normalized spacial score (nSPS) is 14.6. The van der Waals surface area contributed by atoms with Crippen LogP contribution in [0.15, 0.2) is 23.6 Å². The molecule has 1 aliphatic rings. The van der Waals surface area contributed by atoms with Crippen LogP contribution in [0.1, 0.15) is 28.0 Å². The van der Waals surface area contributed by atoms with Crippen molar-refractivity contribution in [3.8, 4) is 0 Å². The Morgan fingerprint density at radius 1 is 1.15 bits per heavy atom. The topological polar surface area (TPSA) is 77.6 Å². The standard InChI is InChI=1S/C19H25N5O2S/c1-13-12-27-19(21-13)24-9-5-8-23(10-11-24)18(26)22-16-7-4-6-15(14(16)2)17(25)20-3/h4,6-7,12H,5,8-11H2,1-3H3,(H,20,25)(H,22,26). The number of carbonyl (C=O) groups excluding carboxylic acids is 2. The van der Waals surface area contributed by atoms with Gasteiger partial charge in [-0.2, -0.15) is 0 Å². The van der Waals surface area contributed by atoms with Crippen LogP contribution in [0.5, 0.6) is 0 Å². The molecule has 0 bridgehead atoms. The number of nitrogens with one attached hydrogen (secondary N) is 2. The number of aryl methyl sites for hydroxylation is 1. The number of hydrogen-bond donors (Lipinski definition) is 2. The van der Waals surface area contributed by atoms with Gasteiger partial charge in [0.25, 0.3) is 5.91 Å². The first-order valence-electron chi connectivity index (χ1n) is 9.04. The Bertz CT molecular complexity index is 835. The van der Waals surface area contributed by atoms with E-state index in [1.54, 1.807) is 30.5 Å². The highest BCUT2D eigenvalue weighted by atomic mass is 32.1. The summed E-state index contributed by atoms with van der Waals surface area (Å²) < 4.78 is 0. The van der Waals surface area contributed by atoms with Crippen LogP contribution in [-0.4, -0.2) is 55.0 Å². The average molecular weight is 388 g/mol. The summed E-state index contributed by atoms with van der Waals surface area (Å²) in [6.45, 7) is 6.82. The summed E-state index contributed by atoms with van der Waals surface area (Å²) >= 11 is 1.64. The Labute approximate surface area is 163 Å². The fourth-order valence-corrected chi connectivity index (χ4v) is 4.00. The molecule has 0 atom stereocenters. The van der Waals surface area contributed by atoms with E-state index in [0.29, 0.717) is 24.3 Å². The molecule has 1 fully saturated rings. The number of benzene rings is 1. The van der Waals surface area contributed by atoms with Crippen molar-refractivity contribution in [1.82, 2.24) is 15.2 Å². The van der Waals surface area contributed by atoms with Crippen molar-refractivity contribution in [1.29, 1.82) is 0 Å². The predicted octanol–water partition coefficient (Wildman–Crippen LogP) is 2.86. The lowest BCUT2D eigenvalue weighted by molar-refractivity contribution is 0.0962. The smallest absolute Gasteiger partial charge is 0.321 e. The zero-order valence-electron chi connectivity index (χ0n) is 15.9. The van der Waals surface area contributed by atoms with Crippen molar-refractivity contribution < 1.29 is 9.59 Å². The lowest BCUT2D eigenvalue weighted by atomic mass is 10.1. The highest BCUT2D eigenvalue weighted by Crippen LogP contribution is 2.22. The van der Waals surface area contributed by atoms with Crippen LogP contribution in [0.2, 0.25) is 0 Å². The highest BCUT2D eigenvalue weighted by molar-refractivity contribution is 7.13. The van der Waals surface area contributed by atoms with Gasteiger partial charge in [-0.15, -0.1) is 11.3 Å². The molecule has 1 saturated heterocycles. The summed E-state index contributed by atoms with van der Waals surface area (Å²) in [4.78, 5) is 33.3. The molecule has 27 heavy (non-hydrogen) atoms. The Kier molecular flexibility index (Phi) is 5.95. The predicted molar refractivity (Wildman–Crippen MR) is 109 cm³/mol. The van der Waals surface area contributed by atoms with E-state index in [4.69, 9.17) is 0 Å². The molecule has 3 rings (SSSR count). The molecule has 1 aliphatic heterocycles. The number of thiazole rings is 1. The van der Waals surface area contributed by atoms with Crippen molar-refractivity contribution in [2.24, 2.45) is 0 Å². The van der Waals surface area contributed by atoms with Gasteiger partial charge >= 0.3 is 6.03 Å². The number of urea groups is 1. The van der Waals surface area contributed by atoms with E-state index < -0.39 is 0 Å². The number of amides is 3. The number of carbonyl (C=O) groups is 2. The Hall–Kier alpha value is -2.61. The van der Waals surface area contributed by atoms with Crippen molar-refractivity contribution in [2.75, 3.05) is 43.4 Å². The lowest BCUT2D eigenvalue weighted by Crippen LogP contribution is -2.38. The van der Waals surface area contributed by atoms with Crippen LogP contribution in [-0.2, 0) is 0 Å². The molecule has 2 aromatic rings. The van der Waals surface area contributed by atoms with E-state index in [2.05, 4.69) is 20.5 Å². The maximum Gasteiger partial charge on any atom is 0.321 e. The van der Waals surface area contributed by atoms with Crippen molar-refractivity contribution >= 4 is 34.1 Å². The summed E-state index contributed by atoms with van der Waals surface area (Å²) in [5.41, 5.74) is 3.02. The van der Waals surface area contributed by atoms with Gasteiger partial charge < -0.3 is 20.4 Å². The molecule has 144 valence electrons. The van der Waals surface area contributed by atoms with Gasteiger partial charge in [0.15, 0.2) is 5.13 Å². The number of rotatable bonds is 3. The van der Waals surface area contributed by atoms with Crippen molar-refractivity contribution in [3.05, 3.63) is 40.4 Å². The summed E-state index contributed by atoms with van der Waals surface area (Å²) in [5, 5.41) is 8.65.